The maximum Gasteiger partial charge on any atom is 0.308 e. The first-order chi connectivity index (χ1) is 20.2. The quantitative estimate of drug-likeness (QED) is 0.0768. The summed E-state index contributed by atoms with van der Waals surface area (Å²) in [5, 5.41) is 0. The Labute approximate surface area is 246 Å². The summed E-state index contributed by atoms with van der Waals surface area (Å²) in [6, 6.07) is 0. The number of hydrogen-bond donors (Lipinski definition) is 0. The smallest absolute Gasteiger partial charge is 0.308 e. The van der Waals surface area contributed by atoms with Gasteiger partial charge in [0.1, 0.15) is 0 Å². The Kier molecular flexibility index (Phi) is 34.4. The van der Waals surface area contributed by atoms with Crippen LogP contribution in [-0.2, 0) is 61.6 Å². The Hall–Kier alpha value is -0.970. The Morgan fingerprint density at radius 1 is 0.415 bits per heavy atom. The van der Waals surface area contributed by atoms with Crippen LogP contribution < -0.4 is 0 Å². The standard InChI is InChI=1S/C28H56O13/c1-27(2)26-41-28(29)4-5-31-8-9-33-12-13-35-16-17-37-20-21-39-24-25-40-23-22-38-19-18-36-15-14-34-11-10-32-7-6-30-3/h27H,4-26H2,1-3H3. The van der Waals surface area contributed by atoms with Crippen molar-refractivity contribution in [1.82, 2.24) is 0 Å². The van der Waals surface area contributed by atoms with Crippen LogP contribution in [0.1, 0.15) is 20.3 Å². The van der Waals surface area contributed by atoms with Crippen LogP contribution in [0, 0.1) is 5.92 Å². The predicted octanol–water partition coefficient (Wildman–Crippen LogP) is 1.39. The third-order valence-corrected chi connectivity index (χ3v) is 4.81. The highest BCUT2D eigenvalue weighted by Gasteiger charge is 2.04. The maximum atomic E-state index is 11.4. The SMILES string of the molecule is COCCOCCOCCOCCOCCOCCOCCOCCOCCOCCOCCC(=O)OCC(C)C. The van der Waals surface area contributed by atoms with E-state index in [1.165, 1.54) is 0 Å². The fraction of sp³-hybridized carbons (Fsp3) is 0.964. The van der Waals surface area contributed by atoms with Crippen LogP contribution in [0.5, 0.6) is 0 Å². The van der Waals surface area contributed by atoms with Crippen LogP contribution >= 0.6 is 0 Å². The lowest BCUT2D eigenvalue weighted by Gasteiger charge is -2.09. The second-order valence-electron chi connectivity index (χ2n) is 8.94. The molecule has 0 radical (unpaired) electrons. The van der Waals surface area contributed by atoms with Gasteiger partial charge < -0.3 is 56.8 Å². The molecular weight excluding hydrogens is 544 g/mol. The third-order valence-electron chi connectivity index (χ3n) is 4.81. The average Bonchev–Trinajstić information content (AvgIpc) is 2.96. The number of methoxy groups -OCH3 is 1. The van der Waals surface area contributed by atoms with E-state index in [9.17, 15) is 4.79 Å². The number of hydrogen-bond acceptors (Lipinski definition) is 13. The summed E-state index contributed by atoms with van der Waals surface area (Å²) in [4.78, 5) is 11.4. The second kappa shape index (κ2) is 35.2. The van der Waals surface area contributed by atoms with E-state index in [-0.39, 0.29) is 12.4 Å². The summed E-state index contributed by atoms with van der Waals surface area (Å²) in [5.74, 6) is 0.101. The van der Waals surface area contributed by atoms with Crippen molar-refractivity contribution in [2.45, 2.75) is 20.3 Å². The molecule has 0 aliphatic heterocycles. The van der Waals surface area contributed by atoms with Crippen molar-refractivity contribution < 1.29 is 61.6 Å². The van der Waals surface area contributed by atoms with E-state index < -0.39 is 0 Å². The topological polar surface area (TPSA) is 128 Å². The summed E-state index contributed by atoms with van der Waals surface area (Å²) in [5.41, 5.74) is 0. The summed E-state index contributed by atoms with van der Waals surface area (Å²) < 4.78 is 64.1. The average molecular weight is 601 g/mol. The molecule has 0 saturated carbocycles. The van der Waals surface area contributed by atoms with Gasteiger partial charge in [-0.05, 0) is 5.92 Å². The van der Waals surface area contributed by atoms with E-state index in [1.54, 1.807) is 7.11 Å². The number of ether oxygens (including phenoxy) is 12. The molecule has 13 nitrogen and oxygen atoms in total. The van der Waals surface area contributed by atoms with Crippen molar-refractivity contribution >= 4 is 5.97 Å². The van der Waals surface area contributed by atoms with E-state index in [0.29, 0.717) is 151 Å². The molecule has 0 aromatic heterocycles. The predicted molar refractivity (Wildman–Crippen MR) is 150 cm³/mol. The highest BCUT2D eigenvalue weighted by atomic mass is 16.6. The molecule has 0 fully saturated rings. The third kappa shape index (κ3) is 37.0. The molecule has 0 heterocycles. The molecule has 0 rings (SSSR count). The lowest BCUT2D eigenvalue weighted by atomic mass is 10.2. The molecule has 0 bridgehead atoms. The Morgan fingerprint density at radius 2 is 0.659 bits per heavy atom. The maximum absolute atomic E-state index is 11.4. The van der Waals surface area contributed by atoms with Gasteiger partial charge in [-0.1, -0.05) is 13.8 Å². The molecule has 0 atom stereocenters. The van der Waals surface area contributed by atoms with Crippen LogP contribution in [0.15, 0.2) is 0 Å². The van der Waals surface area contributed by atoms with E-state index in [1.807, 2.05) is 13.8 Å². The van der Waals surface area contributed by atoms with E-state index in [0.717, 1.165) is 0 Å². The van der Waals surface area contributed by atoms with Crippen LogP contribution in [0.2, 0.25) is 0 Å². The first-order valence-corrected chi connectivity index (χ1v) is 14.6. The first kappa shape index (κ1) is 40.0. The zero-order valence-electron chi connectivity index (χ0n) is 25.6. The first-order valence-electron chi connectivity index (χ1n) is 14.6. The molecule has 41 heavy (non-hydrogen) atoms. The highest BCUT2D eigenvalue weighted by Crippen LogP contribution is 1.95. The minimum atomic E-state index is -0.235. The van der Waals surface area contributed by atoms with E-state index in [4.69, 9.17) is 56.8 Å². The normalized spacial score (nSPS) is 11.5. The second-order valence-corrected chi connectivity index (χ2v) is 8.94. The summed E-state index contributed by atoms with van der Waals surface area (Å²) >= 11 is 0. The molecule has 0 aromatic carbocycles. The lowest BCUT2D eigenvalue weighted by Crippen LogP contribution is -2.15. The van der Waals surface area contributed by atoms with Crippen molar-refractivity contribution in [2.75, 3.05) is 152 Å². The van der Waals surface area contributed by atoms with Gasteiger partial charge in [-0.2, -0.15) is 0 Å². The van der Waals surface area contributed by atoms with Gasteiger partial charge in [0.05, 0.1) is 152 Å². The van der Waals surface area contributed by atoms with Gasteiger partial charge >= 0.3 is 5.97 Å². The number of carbonyl (C=O) groups is 1. The van der Waals surface area contributed by atoms with Gasteiger partial charge in [-0.25, -0.2) is 0 Å². The monoisotopic (exact) mass is 600 g/mol. The Morgan fingerprint density at radius 3 is 0.902 bits per heavy atom. The molecular formula is C28H56O13. The van der Waals surface area contributed by atoms with Gasteiger partial charge in [-0.15, -0.1) is 0 Å². The lowest BCUT2D eigenvalue weighted by molar-refractivity contribution is -0.146. The van der Waals surface area contributed by atoms with Crippen LogP contribution in [-0.4, -0.2) is 158 Å². The minimum absolute atomic E-state index is 0.235. The molecule has 0 spiro atoms. The van der Waals surface area contributed by atoms with Crippen molar-refractivity contribution in [3.63, 3.8) is 0 Å². The molecule has 13 heteroatoms. The van der Waals surface area contributed by atoms with Gasteiger partial charge in [0.25, 0.3) is 0 Å². The largest absolute Gasteiger partial charge is 0.465 e. The van der Waals surface area contributed by atoms with Crippen molar-refractivity contribution in [1.29, 1.82) is 0 Å². The molecule has 0 aliphatic rings. The fourth-order valence-electron chi connectivity index (χ4n) is 2.71. The van der Waals surface area contributed by atoms with Crippen LogP contribution in [0.3, 0.4) is 0 Å². The molecule has 0 N–H and O–H groups in total. The van der Waals surface area contributed by atoms with E-state index in [2.05, 4.69) is 0 Å². The van der Waals surface area contributed by atoms with Crippen molar-refractivity contribution in [3.8, 4) is 0 Å². The molecule has 0 saturated heterocycles. The number of rotatable bonds is 35. The zero-order chi connectivity index (χ0) is 29.9. The number of carbonyl (C=O) groups excluding carboxylic acids is 1. The van der Waals surface area contributed by atoms with Gasteiger partial charge in [0.15, 0.2) is 0 Å². The van der Waals surface area contributed by atoms with Crippen LogP contribution in [0.4, 0.5) is 0 Å². The minimum Gasteiger partial charge on any atom is -0.465 e. The summed E-state index contributed by atoms with van der Waals surface area (Å²) in [6.07, 6.45) is 0.257. The van der Waals surface area contributed by atoms with Gasteiger partial charge in [-0.3, -0.25) is 4.79 Å². The summed E-state index contributed by atoms with van der Waals surface area (Å²) in [7, 11) is 1.64. The molecule has 0 aliphatic carbocycles. The summed E-state index contributed by atoms with van der Waals surface area (Å²) in [6.45, 7) is 15.0. The Balaban J connectivity index is 3.07. The van der Waals surface area contributed by atoms with Crippen LogP contribution in [0.25, 0.3) is 0 Å². The highest BCUT2D eigenvalue weighted by molar-refractivity contribution is 5.69. The van der Waals surface area contributed by atoms with Crippen molar-refractivity contribution in [3.05, 3.63) is 0 Å². The van der Waals surface area contributed by atoms with Crippen molar-refractivity contribution in [2.24, 2.45) is 5.92 Å². The Bertz CT molecular complexity index is 511. The molecule has 0 amide bonds. The molecule has 0 aromatic rings. The molecule has 246 valence electrons. The number of esters is 1. The van der Waals surface area contributed by atoms with E-state index >= 15 is 0 Å². The molecule has 0 unspecified atom stereocenters. The zero-order valence-corrected chi connectivity index (χ0v) is 25.6. The fourth-order valence-corrected chi connectivity index (χ4v) is 2.71. The van der Waals surface area contributed by atoms with Gasteiger partial charge in [0, 0.05) is 7.11 Å². The van der Waals surface area contributed by atoms with Gasteiger partial charge in [0.2, 0.25) is 0 Å².